The van der Waals surface area contributed by atoms with Crippen molar-refractivity contribution in [1.29, 1.82) is 0 Å². The molecule has 2 N–H and O–H groups in total. The maximum absolute atomic E-state index is 12.6. The Balaban J connectivity index is 1.73. The maximum atomic E-state index is 12.6. The molecule has 1 saturated heterocycles. The summed E-state index contributed by atoms with van der Waals surface area (Å²) in [5, 5.41) is 5.67. The van der Waals surface area contributed by atoms with Gasteiger partial charge >= 0.3 is 6.03 Å². The highest BCUT2D eigenvalue weighted by Gasteiger charge is 2.56. The Morgan fingerprint density at radius 3 is 2.36 bits per heavy atom. The van der Waals surface area contributed by atoms with Crippen LogP contribution >= 0.6 is 0 Å². The molecule has 25 heavy (non-hydrogen) atoms. The van der Waals surface area contributed by atoms with E-state index in [9.17, 15) is 14.4 Å². The average Bonchev–Trinajstić information content (AvgIpc) is 3.41. The van der Waals surface area contributed by atoms with Gasteiger partial charge in [0.15, 0.2) is 0 Å². The Labute approximate surface area is 148 Å². The molecule has 3 rings (SSSR count). The number of carbonyl (C=O) groups is 3. The van der Waals surface area contributed by atoms with Crippen LogP contribution in [-0.2, 0) is 22.4 Å². The van der Waals surface area contributed by atoms with E-state index in [1.165, 1.54) is 0 Å². The van der Waals surface area contributed by atoms with Gasteiger partial charge in [0.05, 0.1) is 0 Å². The molecular formula is C19H25N3O3. The van der Waals surface area contributed by atoms with Crippen molar-refractivity contribution in [2.24, 2.45) is 5.92 Å². The molecule has 1 aromatic carbocycles. The summed E-state index contributed by atoms with van der Waals surface area (Å²) in [6.45, 7) is 5.56. The van der Waals surface area contributed by atoms with Crippen LogP contribution < -0.4 is 10.6 Å². The fourth-order valence-electron chi connectivity index (χ4n) is 3.52. The van der Waals surface area contributed by atoms with Crippen LogP contribution in [0.15, 0.2) is 18.2 Å². The Morgan fingerprint density at radius 1 is 1.24 bits per heavy atom. The molecule has 2 fully saturated rings. The third-order valence-electron chi connectivity index (χ3n) is 5.26. The van der Waals surface area contributed by atoms with E-state index in [2.05, 4.69) is 10.6 Å². The van der Waals surface area contributed by atoms with Gasteiger partial charge in [-0.3, -0.25) is 14.5 Å². The number of hydrogen-bond acceptors (Lipinski definition) is 3. The number of hydrogen-bond donors (Lipinski definition) is 2. The number of benzene rings is 1. The topological polar surface area (TPSA) is 78.5 Å². The monoisotopic (exact) mass is 343 g/mol. The highest BCUT2D eigenvalue weighted by molar-refractivity contribution is 6.10. The van der Waals surface area contributed by atoms with E-state index in [1.54, 1.807) is 6.92 Å². The van der Waals surface area contributed by atoms with Crippen LogP contribution in [0.4, 0.5) is 10.5 Å². The number of rotatable bonds is 6. The highest BCUT2D eigenvalue weighted by Crippen LogP contribution is 2.42. The fourth-order valence-corrected chi connectivity index (χ4v) is 3.52. The summed E-state index contributed by atoms with van der Waals surface area (Å²) in [4.78, 5) is 38.3. The first-order valence-corrected chi connectivity index (χ1v) is 8.95. The summed E-state index contributed by atoms with van der Waals surface area (Å²) in [7, 11) is 0. The van der Waals surface area contributed by atoms with Gasteiger partial charge in [-0.25, -0.2) is 4.79 Å². The molecule has 6 nitrogen and oxygen atoms in total. The van der Waals surface area contributed by atoms with Crippen molar-refractivity contribution in [3.63, 3.8) is 0 Å². The molecule has 1 atom stereocenters. The minimum atomic E-state index is -0.854. The predicted molar refractivity (Wildman–Crippen MR) is 95.2 cm³/mol. The second-order valence-corrected chi connectivity index (χ2v) is 7.00. The second-order valence-electron chi connectivity index (χ2n) is 7.00. The third kappa shape index (κ3) is 3.13. The van der Waals surface area contributed by atoms with Crippen LogP contribution in [0.3, 0.4) is 0 Å². The number of para-hydroxylation sites is 1. The normalized spacial score (nSPS) is 22.9. The molecule has 0 aromatic heterocycles. The van der Waals surface area contributed by atoms with Gasteiger partial charge in [0, 0.05) is 5.69 Å². The molecular weight excluding hydrogens is 318 g/mol. The Hall–Kier alpha value is -2.37. The largest absolute Gasteiger partial charge is 0.325 e. The van der Waals surface area contributed by atoms with Crippen molar-refractivity contribution in [2.75, 3.05) is 11.9 Å². The smallest absolute Gasteiger partial charge is 0.324 e. The van der Waals surface area contributed by atoms with Crippen LogP contribution in [0.2, 0.25) is 0 Å². The van der Waals surface area contributed by atoms with Gasteiger partial charge in [0.2, 0.25) is 5.91 Å². The number of amides is 4. The lowest BCUT2D eigenvalue weighted by Crippen LogP contribution is -2.46. The number of urea groups is 1. The van der Waals surface area contributed by atoms with Crippen LogP contribution in [-0.4, -0.2) is 34.8 Å². The molecule has 4 amide bonds. The van der Waals surface area contributed by atoms with E-state index in [1.807, 2.05) is 32.0 Å². The van der Waals surface area contributed by atoms with Gasteiger partial charge in [-0.05, 0) is 49.7 Å². The van der Waals surface area contributed by atoms with Crippen LogP contribution in [0.25, 0.3) is 0 Å². The number of nitrogens with one attached hydrogen (secondary N) is 2. The van der Waals surface area contributed by atoms with Gasteiger partial charge in [0.25, 0.3) is 5.91 Å². The molecule has 6 heteroatoms. The SMILES string of the molecule is CCc1cccc(CC)c1NC(=O)CN1C(=O)N[C@](C)(C2CC2)C1=O. The summed E-state index contributed by atoms with van der Waals surface area (Å²) < 4.78 is 0. The lowest BCUT2D eigenvalue weighted by Gasteiger charge is -2.21. The first-order valence-electron chi connectivity index (χ1n) is 8.95. The van der Waals surface area contributed by atoms with Crippen molar-refractivity contribution in [1.82, 2.24) is 10.2 Å². The summed E-state index contributed by atoms with van der Waals surface area (Å²) in [5.74, 6) is -0.460. The van der Waals surface area contributed by atoms with Gasteiger partial charge in [-0.15, -0.1) is 0 Å². The number of anilines is 1. The maximum Gasteiger partial charge on any atom is 0.325 e. The zero-order valence-electron chi connectivity index (χ0n) is 15.0. The molecule has 1 aromatic rings. The Kier molecular flexibility index (Phi) is 4.54. The van der Waals surface area contributed by atoms with Crippen molar-refractivity contribution in [3.8, 4) is 0 Å². The lowest BCUT2D eigenvalue weighted by atomic mass is 9.96. The van der Waals surface area contributed by atoms with E-state index in [-0.39, 0.29) is 24.3 Å². The van der Waals surface area contributed by atoms with Gasteiger partial charge in [-0.1, -0.05) is 32.0 Å². The molecule has 0 bridgehead atoms. The highest BCUT2D eigenvalue weighted by atomic mass is 16.2. The number of carbonyl (C=O) groups excluding carboxylic acids is 3. The van der Waals surface area contributed by atoms with Crippen LogP contribution in [0.5, 0.6) is 0 Å². The number of imide groups is 1. The van der Waals surface area contributed by atoms with Crippen molar-refractivity contribution in [3.05, 3.63) is 29.3 Å². The molecule has 1 aliphatic carbocycles. The average molecular weight is 343 g/mol. The first kappa shape index (κ1) is 17.5. The quantitative estimate of drug-likeness (QED) is 0.779. The number of aryl methyl sites for hydroxylation is 2. The van der Waals surface area contributed by atoms with Crippen LogP contribution in [0, 0.1) is 5.92 Å². The summed E-state index contributed by atoms with van der Waals surface area (Å²) in [5.41, 5.74) is 2.04. The zero-order valence-corrected chi connectivity index (χ0v) is 15.0. The minimum absolute atomic E-state index is 0.185. The van der Waals surface area contributed by atoms with E-state index in [0.717, 1.165) is 47.4 Å². The van der Waals surface area contributed by atoms with Crippen molar-refractivity contribution < 1.29 is 14.4 Å². The summed E-state index contributed by atoms with van der Waals surface area (Å²) in [6.07, 6.45) is 3.47. The summed E-state index contributed by atoms with van der Waals surface area (Å²) >= 11 is 0. The molecule has 134 valence electrons. The molecule has 1 heterocycles. The van der Waals surface area contributed by atoms with E-state index in [4.69, 9.17) is 0 Å². The van der Waals surface area contributed by atoms with Gasteiger partial charge in [0.1, 0.15) is 12.1 Å². The number of nitrogens with zero attached hydrogens (tertiary/aromatic N) is 1. The predicted octanol–water partition coefficient (Wildman–Crippen LogP) is 2.47. The zero-order chi connectivity index (χ0) is 18.2. The van der Waals surface area contributed by atoms with Gasteiger partial charge in [-0.2, -0.15) is 0 Å². The second kappa shape index (κ2) is 6.50. The minimum Gasteiger partial charge on any atom is -0.324 e. The van der Waals surface area contributed by atoms with E-state index >= 15 is 0 Å². The lowest BCUT2D eigenvalue weighted by molar-refractivity contribution is -0.134. The van der Waals surface area contributed by atoms with Gasteiger partial charge < -0.3 is 10.6 Å². The Bertz CT molecular complexity index is 704. The first-order chi connectivity index (χ1) is 11.9. The fraction of sp³-hybridized carbons (Fsp3) is 0.526. The van der Waals surface area contributed by atoms with E-state index < -0.39 is 11.6 Å². The molecule has 0 spiro atoms. The Morgan fingerprint density at radius 2 is 1.84 bits per heavy atom. The molecule has 0 unspecified atom stereocenters. The van der Waals surface area contributed by atoms with Crippen molar-refractivity contribution in [2.45, 2.75) is 52.0 Å². The molecule has 2 aliphatic rings. The molecule has 1 saturated carbocycles. The summed E-state index contributed by atoms with van der Waals surface area (Å²) in [6, 6.07) is 5.46. The standard InChI is InChI=1S/C19H25N3O3/c1-4-12-7-6-8-13(5-2)16(12)20-15(23)11-22-17(24)19(3,14-9-10-14)21-18(22)25/h6-8,14H,4-5,9-11H2,1-3H3,(H,20,23)(H,21,25)/t19-/m1/s1. The van der Waals surface area contributed by atoms with Crippen LogP contribution in [0.1, 0.15) is 44.7 Å². The molecule has 1 aliphatic heterocycles. The molecule has 0 radical (unpaired) electrons. The van der Waals surface area contributed by atoms with E-state index in [0.29, 0.717) is 0 Å². The third-order valence-corrected chi connectivity index (χ3v) is 5.26. The van der Waals surface area contributed by atoms with Crippen molar-refractivity contribution >= 4 is 23.5 Å².